The second-order valence-corrected chi connectivity index (χ2v) is 7.11. The van der Waals surface area contributed by atoms with E-state index < -0.39 is 0 Å². The van der Waals surface area contributed by atoms with Gasteiger partial charge in [0.05, 0.1) is 40.9 Å². The molecule has 1 atom stereocenters. The molecule has 0 bridgehead atoms. The molecule has 11 nitrogen and oxygen atoms in total. The van der Waals surface area contributed by atoms with Gasteiger partial charge in [-0.15, -0.1) is 5.10 Å². The van der Waals surface area contributed by atoms with Crippen molar-refractivity contribution in [2.45, 2.75) is 12.5 Å². The second kappa shape index (κ2) is 9.69. The highest BCUT2D eigenvalue weighted by Crippen LogP contribution is 2.40. The first-order valence-electron chi connectivity index (χ1n) is 10.1. The van der Waals surface area contributed by atoms with Gasteiger partial charge in [-0.25, -0.2) is 4.98 Å². The molecule has 11 heteroatoms. The van der Waals surface area contributed by atoms with Crippen molar-refractivity contribution in [2.24, 2.45) is 0 Å². The molecule has 0 aliphatic carbocycles. The lowest BCUT2D eigenvalue weighted by Gasteiger charge is -2.32. The normalized spacial score (nSPS) is 16.1. The number of rotatable bonds is 8. The molecule has 3 heterocycles. The van der Waals surface area contributed by atoms with Gasteiger partial charge in [-0.1, -0.05) is 10.9 Å². The number of amides is 1. The average molecular weight is 443 g/mol. The Morgan fingerprint density at radius 2 is 2.00 bits per heavy atom. The molecule has 32 heavy (non-hydrogen) atoms. The predicted octanol–water partition coefficient (Wildman–Crippen LogP) is 0.751. The van der Waals surface area contributed by atoms with Crippen LogP contribution >= 0.6 is 0 Å². The Labute approximate surface area is 184 Å². The molecule has 0 radical (unpaired) electrons. The molecule has 0 spiro atoms. The minimum absolute atomic E-state index is 0.0447. The van der Waals surface area contributed by atoms with Crippen molar-refractivity contribution < 1.29 is 28.6 Å². The number of carbonyl (C=O) groups is 1. The number of methoxy groups -OCH3 is 3. The SMILES string of the molecule is COc1ccc(CC(=O)N2CCOC(COn3nnc4cccnc43)C2)c(OC)c1OC. The van der Waals surface area contributed by atoms with Crippen molar-refractivity contribution in [3.05, 3.63) is 36.0 Å². The van der Waals surface area contributed by atoms with Crippen molar-refractivity contribution in [2.75, 3.05) is 47.6 Å². The molecule has 1 saturated heterocycles. The summed E-state index contributed by atoms with van der Waals surface area (Å²) in [7, 11) is 4.62. The van der Waals surface area contributed by atoms with E-state index >= 15 is 0 Å². The second-order valence-electron chi connectivity index (χ2n) is 7.11. The van der Waals surface area contributed by atoms with Crippen molar-refractivity contribution in [1.29, 1.82) is 0 Å². The zero-order valence-corrected chi connectivity index (χ0v) is 18.2. The molecule has 1 amide bonds. The van der Waals surface area contributed by atoms with Gasteiger partial charge < -0.3 is 28.7 Å². The molecule has 1 aromatic carbocycles. The van der Waals surface area contributed by atoms with E-state index in [9.17, 15) is 4.79 Å². The van der Waals surface area contributed by atoms with E-state index in [1.54, 1.807) is 36.4 Å². The number of hydrogen-bond acceptors (Lipinski definition) is 9. The molecule has 2 aromatic heterocycles. The largest absolute Gasteiger partial charge is 0.493 e. The fourth-order valence-corrected chi connectivity index (χ4v) is 3.61. The van der Waals surface area contributed by atoms with E-state index in [0.717, 1.165) is 5.56 Å². The number of hydrogen-bond donors (Lipinski definition) is 0. The molecule has 3 aromatic rings. The molecule has 1 fully saturated rings. The summed E-state index contributed by atoms with van der Waals surface area (Å²) in [5.41, 5.74) is 1.88. The summed E-state index contributed by atoms with van der Waals surface area (Å²) in [5, 5.41) is 7.95. The number of nitrogens with zero attached hydrogens (tertiary/aromatic N) is 5. The van der Waals surface area contributed by atoms with Crippen molar-refractivity contribution in [3.63, 3.8) is 0 Å². The Morgan fingerprint density at radius 3 is 2.78 bits per heavy atom. The molecular formula is C21H25N5O6. The van der Waals surface area contributed by atoms with Crippen LogP contribution in [0, 0.1) is 0 Å². The Hall–Kier alpha value is -3.60. The van der Waals surface area contributed by atoms with Gasteiger partial charge in [0.25, 0.3) is 0 Å². The molecular weight excluding hydrogens is 418 g/mol. The standard InChI is InChI=1S/C21H25N5O6/c1-28-17-7-6-14(19(29-2)20(17)30-3)11-18(27)25-9-10-31-15(12-25)13-32-26-21-16(23-24-26)5-4-8-22-21/h4-8,15H,9-13H2,1-3H3. The average Bonchev–Trinajstić information content (AvgIpc) is 3.25. The lowest BCUT2D eigenvalue weighted by Crippen LogP contribution is -2.48. The smallest absolute Gasteiger partial charge is 0.227 e. The number of morpholine rings is 1. The minimum atomic E-state index is -0.303. The maximum Gasteiger partial charge on any atom is 0.227 e. The number of carbonyl (C=O) groups excluding carboxylic acids is 1. The zero-order chi connectivity index (χ0) is 22.5. The highest BCUT2D eigenvalue weighted by atomic mass is 16.7. The summed E-state index contributed by atoms with van der Waals surface area (Å²) in [4.78, 5) is 26.0. The fourth-order valence-electron chi connectivity index (χ4n) is 3.61. The van der Waals surface area contributed by atoms with Crippen LogP contribution in [0.2, 0.25) is 0 Å². The molecule has 170 valence electrons. The first-order chi connectivity index (χ1) is 15.6. The summed E-state index contributed by atoms with van der Waals surface area (Å²) in [6, 6.07) is 7.15. The Kier molecular flexibility index (Phi) is 6.55. The third-order valence-electron chi connectivity index (χ3n) is 5.18. The lowest BCUT2D eigenvalue weighted by molar-refractivity contribution is -0.141. The minimum Gasteiger partial charge on any atom is -0.493 e. The monoisotopic (exact) mass is 443 g/mol. The van der Waals surface area contributed by atoms with E-state index in [1.807, 2.05) is 6.07 Å². The molecule has 0 N–H and O–H groups in total. The van der Waals surface area contributed by atoms with E-state index in [2.05, 4.69) is 15.3 Å². The Bertz CT molecular complexity index is 1090. The van der Waals surface area contributed by atoms with Gasteiger partial charge in [-0.05, 0) is 23.4 Å². The summed E-state index contributed by atoms with van der Waals surface area (Å²) in [6.07, 6.45) is 1.50. The number of pyridine rings is 1. The van der Waals surface area contributed by atoms with Gasteiger partial charge in [0.1, 0.15) is 18.2 Å². The van der Waals surface area contributed by atoms with Gasteiger partial charge in [-0.3, -0.25) is 4.79 Å². The number of ether oxygens (including phenoxy) is 4. The topological polar surface area (TPSA) is 110 Å². The van der Waals surface area contributed by atoms with Crippen molar-refractivity contribution in [3.8, 4) is 17.2 Å². The van der Waals surface area contributed by atoms with Crippen LogP contribution in [0.15, 0.2) is 30.5 Å². The van der Waals surface area contributed by atoms with Gasteiger partial charge >= 0.3 is 0 Å². The van der Waals surface area contributed by atoms with Crippen LogP contribution < -0.4 is 19.0 Å². The van der Waals surface area contributed by atoms with Crippen molar-refractivity contribution >= 4 is 17.1 Å². The first-order valence-corrected chi connectivity index (χ1v) is 10.1. The Morgan fingerprint density at radius 1 is 1.16 bits per heavy atom. The molecule has 1 aliphatic heterocycles. The third kappa shape index (κ3) is 4.37. The van der Waals surface area contributed by atoms with Crippen LogP contribution in [0.3, 0.4) is 0 Å². The maximum absolute atomic E-state index is 13.0. The summed E-state index contributed by atoms with van der Waals surface area (Å²) in [6.45, 7) is 1.52. The number of aromatic nitrogens is 4. The quantitative estimate of drug-likeness (QED) is 0.498. The van der Waals surface area contributed by atoms with E-state index in [1.165, 1.54) is 19.1 Å². The molecule has 1 unspecified atom stereocenters. The van der Waals surface area contributed by atoms with Crippen LogP contribution in [0.1, 0.15) is 5.56 Å². The van der Waals surface area contributed by atoms with Crippen molar-refractivity contribution in [1.82, 2.24) is 25.0 Å². The zero-order valence-electron chi connectivity index (χ0n) is 18.2. The third-order valence-corrected chi connectivity index (χ3v) is 5.18. The number of fused-ring (bicyclic) bond motifs is 1. The molecule has 0 saturated carbocycles. The highest BCUT2D eigenvalue weighted by molar-refractivity contribution is 5.80. The van der Waals surface area contributed by atoms with Crippen LogP contribution in [-0.2, 0) is 16.0 Å². The summed E-state index contributed by atoms with van der Waals surface area (Å²) >= 11 is 0. The lowest BCUT2D eigenvalue weighted by atomic mass is 10.1. The van der Waals surface area contributed by atoms with Gasteiger partial charge in [0.15, 0.2) is 11.5 Å². The Balaban J connectivity index is 1.39. The maximum atomic E-state index is 13.0. The molecule has 4 rings (SSSR count). The van der Waals surface area contributed by atoms with Gasteiger partial charge in [0, 0.05) is 18.3 Å². The van der Waals surface area contributed by atoms with Crippen LogP contribution in [-0.4, -0.2) is 84.7 Å². The first kappa shape index (κ1) is 21.6. The van der Waals surface area contributed by atoms with E-state index in [4.69, 9.17) is 23.8 Å². The van der Waals surface area contributed by atoms with Gasteiger partial charge in [0.2, 0.25) is 17.3 Å². The van der Waals surface area contributed by atoms with E-state index in [-0.39, 0.29) is 25.0 Å². The highest BCUT2D eigenvalue weighted by Gasteiger charge is 2.27. The van der Waals surface area contributed by atoms with Gasteiger partial charge in [-0.2, -0.15) is 0 Å². The van der Waals surface area contributed by atoms with E-state index in [0.29, 0.717) is 48.1 Å². The predicted molar refractivity (Wildman–Crippen MR) is 113 cm³/mol. The summed E-state index contributed by atoms with van der Waals surface area (Å²) < 4.78 is 22.0. The molecule has 1 aliphatic rings. The van der Waals surface area contributed by atoms with Crippen LogP contribution in [0.5, 0.6) is 17.2 Å². The summed E-state index contributed by atoms with van der Waals surface area (Å²) in [5.74, 6) is 1.44. The number of benzene rings is 1. The fraction of sp³-hybridized carbons (Fsp3) is 0.429. The van der Waals surface area contributed by atoms with Crippen LogP contribution in [0.4, 0.5) is 0 Å². The van der Waals surface area contributed by atoms with Crippen LogP contribution in [0.25, 0.3) is 11.2 Å².